The summed E-state index contributed by atoms with van der Waals surface area (Å²) < 4.78 is 5.06. The Morgan fingerprint density at radius 1 is 1.70 bits per heavy atom. The first-order valence-electron chi connectivity index (χ1n) is 3.37. The van der Waals surface area contributed by atoms with E-state index in [0.29, 0.717) is 5.92 Å². The summed E-state index contributed by atoms with van der Waals surface area (Å²) in [6, 6.07) is 0. The lowest BCUT2D eigenvalue weighted by molar-refractivity contribution is 0.306. The van der Waals surface area contributed by atoms with E-state index in [4.69, 9.17) is 4.74 Å². The molecule has 0 aromatic heterocycles. The third-order valence-electron chi connectivity index (χ3n) is 1.51. The largest absolute Gasteiger partial charge is 0.470 e. The molecule has 1 atom stereocenters. The predicted molar refractivity (Wildman–Crippen MR) is 41.4 cm³/mol. The second-order valence-corrected chi connectivity index (χ2v) is 2.78. The van der Waals surface area contributed by atoms with E-state index in [1.54, 1.807) is 6.26 Å². The fourth-order valence-corrected chi connectivity index (χ4v) is 0.972. The Balaban J connectivity index is 2.41. The highest BCUT2D eigenvalue weighted by Gasteiger charge is 2.15. The van der Waals surface area contributed by atoms with Crippen LogP contribution in [0.1, 0.15) is 0 Å². The number of hydrogen-bond donors (Lipinski definition) is 0. The van der Waals surface area contributed by atoms with Crippen molar-refractivity contribution in [3.8, 4) is 0 Å². The molecule has 10 heavy (non-hydrogen) atoms. The molecule has 0 saturated carbocycles. The van der Waals surface area contributed by atoms with Gasteiger partial charge in [0.05, 0.1) is 12.2 Å². The van der Waals surface area contributed by atoms with Gasteiger partial charge in [-0.15, -0.1) is 0 Å². The van der Waals surface area contributed by atoms with Gasteiger partial charge in [0.25, 0.3) is 0 Å². The first-order chi connectivity index (χ1) is 4.70. The Labute approximate surface area is 61.8 Å². The highest BCUT2D eigenvalue weighted by molar-refractivity contribution is 5.09. The molecule has 0 saturated heterocycles. The van der Waals surface area contributed by atoms with E-state index in [-0.39, 0.29) is 0 Å². The van der Waals surface area contributed by atoms with Gasteiger partial charge in [-0.05, 0) is 20.2 Å². The minimum atomic E-state index is 0.384. The topological polar surface area (TPSA) is 12.5 Å². The van der Waals surface area contributed by atoms with Crippen molar-refractivity contribution >= 4 is 0 Å². The van der Waals surface area contributed by atoms with Gasteiger partial charge in [0, 0.05) is 6.54 Å². The summed E-state index contributed by atoms with van der Waals surface area (Å²) in [5.74, 6) is 1.24. The van der Waals surface area contributed by atoms with Crippen molar-refractivity contribution in [3.63, 3.8) is 0 Å². The highest BCUT2D eigenvalue weighted by atomic mass is 16.5. The second-order valence-electron chi connectivity index (χ2n) is 2.78. The maximum Gasteiger partial charge on any atom is 0.104 e. The fraction of sp³-hybridized carbons (Fsp3) is 0.500. The monoisotopic (exact) mass is 139 g/mol. The van der Waals surface area contributed by atoms with E-state index in [0.717, 1.165) is 12.3 Å². The number of hydrogen-bond acceptors (Lipinski definition) is 2. The molecule has 0 amide bonds. The van der Waals surface area contributed by atoms with Crippen molar-refractivity contribution in [2.75, 3.05) is 20.6 Å². The Hall–Kier alpha value is -0.760. The van der Waals surface area contributed by atoms with Crippen molar-refractivity contribution in [2.24, 2.45) is 5.92 Å². The average molecular weight is 139 g/mol. The van der Waals surface area contributed by atoms with Crippen molar-refractivity contribution in [2.45, 2.75) is 0 Å². The SMILES string of the molecule is C=C1OC=CC1CN(C)C. The summed E-state index contributed by atoms with van der Waals surface area (Å²) in [6.45, 7) is 4.76. The van der Waals surface area contributed by atoms with Gasteiger partial charge >= 0.3 is 0 Å². The molecule has 0 fully saturated rings. The van der Waals surface area contributed by atoms with Crippen LogP contribution < -0.4 is 0 Å². The van der Waals surface area contributed by atoms with Gasteiger partial charge in [-0.25, -0.2) is 0 Å². The molecule has 2 heteroatoms. The molecule has 0 N–H and O–H groups in total. The summed E-state index contributed by atoms with van der Waals surface area (Å²) >= 11 is 0. The smallest absolute Gasteiger partial charge is 0.104 e. The lowest BCUT2D eigenvalue weighted by atomic mass is 10.1. The van der Waals surface area contributed by atoms with Gasteiger partial charge < -0.3 is 9.64 Å². The van der Waals surface area contributed by atoms with Crippen LogP contribution in [0.25, 0.3) is 0 Å². The van der Waals surface area contributed by atoms with Crippen LogP contribution in [0.15, 0.2) is 24.7 Å². The van der Waals surface area contributed by atoms with E-state index in [9.17, 15) is 0 Å². The van der Waals surface area contributed by atoms with Crippen LogP contribution in [-0.2, 0) is 4.74 Å². The van der Waals surface area contributed by atoms with E-state index >= 15 is 0 Å². The van der Waals surface area contributed by atoms with Gasteiger partial charge in [0.2, 0.25) is 0 Å². The van der Waals surface area contributed by atoms with Gasteiger partial charge in [0.15, 0.2) is 0 Å². The van der Waals surface area contributed by atoms with Crippen LogP contribution in [0.4, 0.5) is 0 Å². The number of rotatable bonds is 2. The molecule has 1 rings (SSSR count). The highest BCUT2D eigenvalue weighted by Crippen LogP contribution is 2.19. The van der Waals surface area contributed by atoms with Gasteiger partial charge in [-0.1, -0.05) is 6.58 Å². The Kier molecular flexibility index (Phi) is 2.12. The Bertz CT molecular complexity index is 161. The summed E-state index contributed by atoms with van der Waals surface area (Å²) in [5.41, 5.74) is 0. The molecule has 0 bridgehead atoms. The normalized spacial score (nSPS) is 23.9. The Morgan fingerprint density at radius 2 is 2.40 bits per heavy atom. The summed E-state index contributed by atoms with van der Waals surface area (Å²) in [5, 5.41) is 0. The minimum Gasteiger partial charge on any atom is -0.470 e. The molecule has 1 aliphatic rings. The first kappa shape index (κ1) is 7.35. The van der Waals surface area contributed by atoms with E-state index in [2.05, 4.69) is 11.5 Å². The molecular formula is C8H13NO. The fourth-order valence-electron chi connectivity index (χ4n) is 0.972. The van der Waals surface area contributed by atoms with E-state index in [1.165, 1.54) is 0 Å². The average Bonchev–Trinajstić information content (AvgIpc) is 2.15. The van der Waals surface area contributed by atoms with Crippen molar-refractivity contribution in [1.29, 1.82) is 0 Å². The third-order valence-corrected chi connectivity index (χ3v) is 1.51. The molecule has 2 nitrogen and oxygen atoms in total. The number of ether oxygens (including phenoxy) is 1. The summed E-state index contributed by atoms with van der Waals surface area (Å²) in [6.07, 6.45) is 3.73. The third kappa shape index (κ3) is 1.61. The first-order valence-corrected chi connectivity index (χ1v) is 3.37. The van der Waals surface area contributed by atoms with Crippen molar-refractivity contribution in [3.05, 3.63) is 24.7 Å². The molecule has 56 valence electrons. The molecule has 1 aliphatic heterocycles. The second kappa shape index (κ2) is 2.88. The van der Waals surface area contributed by atoms with Gasteiger partial charge in [-0.3, -0.25) is 0 Å². The summed E-state index contributed by atoms with van der Waals surface area (Å²) in [7, 11) is 4.08. The quantitative estimate of drug-likeness (QED) is 0.570. The summed E-state index contributed by atoms with van der Waals surface area (Å²) in [4.78, 5) is 2.12. The molecule has 1 heterocycles. The lowest BCUT2D eigenvalue weighted by Crippen LogP contribution is -2.20. The molecule has 0 aromatic carbocycles. The molecule has 0 aromatic rings. The number of nitrogens with zero attached hydrogens (tertiary/aromatic N) is 1. The standard InChI is InChI=1S/C8H13NO/c1-7-8(4-5-10-7)6-9(2)3/h4-5,8H,1,6H2,2-3H3. The van der Waals surface area contributed by atoms with Crippen molar-refractivity contribution in [1.82, 2.24) is 4.90 Å². The molecule has 1 unspecified atom stereocenters. The van der Waals surface area contributed by atoms with Crippen LogP contribution in [0.5, 0.6) is 0 Å². The van der Waals surface area contributed by atoms with Crippen LogP contribution >= 0.6 is 0 Å². The maximum atomic E-state index is 5.06. The van der Waals surface area contributed by atoms with E-state index < -0.39 is 0 Å². The Morgan fingerprint density at radius 3 is 2.80 bits per heavy atom. The predicted octanol–water partition coefficient (Wildman–Crippen LogP) is 1.22. The van der Waals surface area contributed by atoms with Crippen LogP contribution in [0, 0.1) is 5.92 Å². The van der Waals surface area contributed by atoms with Gasteiger partial charge in [-0.2, -0.15) is 0 Å². The van der Waals surface area contributed by atoms with Gasteiger partial charge in [0.1, 0.15) is 5.76 Å². The molecular weight excluding hydrogens is 126 g/mol. The zero-order valence-corrected chi connectivity index (χ0v) is 6.50. The minimum absolute atomic E-state index is 0.384. The lowest BCUT2D eigenvalue weighted by Gasteiger charge is -2.13. The van der Waals surface area contributed by atoms with Crippen LogP contribution in [0.2, 0.25) is 0 Å². The zero-order chi connectivity index (χ0) is 7.56. The molecule has 0 aliphatic carbocycles. The van der Waals surface area contributed by atoms with E-state index in [1.807, 2.05) is 20.2 Å². The van der Waals surface area contributed by atoms with Crippen LogP contribution in [0.3, 0.4) is 0 Å². The molecule has 0 spiro atoms. The molecule has 0 radical (unpaired) electrons. The maximum absolute atomic E-state index is 5.06. The van der Waals surface area contributed by atoms with Crippen molar-refractivity contribution < 1.29 is 4.74 Å². The van der Waals surface area contributed by atoms with Crippen LogP contribution in [-0.4, -0.2) is 25.5 Å². The zero-order valence-electron chi connectivity index (χ0n) is 6.50.